The van der Waals surface area contributed by atoms with Gasteiger partial charge >= 0.3 is 0 Å². The normalized spacial score (nSPS) is 13.7. The van der Waals surface area contributed by atoms with E-state index < -0.39 is 0 Å². The lowest BCUT2D eigenvalue weighted by molar-refractivity contribution is 0.470. The Bertz CT molecular complexity index is 375. The molecule has 1 N–H and O–H groups in total. The molecule has 0 bridgehead atoms. The molecule has 2 rings (SSSR count). The molecule has 0 aliphatic heterocycles. The van der Waals surface area contributed by atoms with E-state index in [0.717, 1.165) is 18.4 Å². The lowest BCUT2D eigenvalue weighted by atomic mass is 10.0. The highest BCUT2D eigenvalue weighted by molar-refractivity contribution is 5.75. The second-order valence-electron chi connectivity index (χ2n) is 3.23. The topological polar surface area (TPSA) is 20.2 Å². The average molecular weight is 172 g/mol. The van der Waals surface area contributed by atoms with Crippen LogP contribution in [-0.2, 0) is 6.42 Å². The molecule has 0 spiro atoms. The maximum absolute atomic E-state index is 9.56. The van der Waals surface area contributed by atoms with Crippen LogP contribution < -0.4 is 0 Å². The molecule has 0 aromatic heterocycles. The van der Waals surface area contributed by atoms with Crippen LogP contribution in [0, 0.1) is 0 Å². The molecular formula is C12H12O. The zero-order chi connectivity index (χ0) is 9.26. The van der Waals surface area contributed by atoms with Crippen molar-refractivity contribution in [3.8, 4) is 5.75 Å². The van der Waals surface area contributed by atoms with Gasteiger partial charge in [-0.15, -0.1) is 6.58 Å². The van der Waals surface area contributed by atoms with Crippen LogP contribution in [0.3, 0.4) is 0 Å². The number of rotatable bonds is 2. The van der Waals surface area contributed by atoms with Crippen LogP contribution in [0.2, 0.25) is 0 Å². The first-order chi connectivity index (χ1) is 6.33. The van der Waals surface area contributed by atoms with Gasteiger partial charge < -0.3 is 5.11 Å². The second-order valence-corrected chi connectivity index (χ2v) is 3.23. The summed E-state index contributed by atoms with van der Waals surface area (Å²) in [5.41, 5.74) is 3.51. The van der Waals surface area contributed by atoms with Crippen LogP contribution in [0.1, 0.15) is 17.5 Å². The zero-order valence-corrected chi connectivity index (χ0v) is 7.46. The molecule has 0 saturated carbocycles. The lowest BCUT2D eigenvalue weighted by Gasteiger charge is -2.04. The lowest BCUT2D eigenvalue weighted by Crippen LogP contribution is -1.84. The molecule has 1 nitrogen and oxygen atoms in total. The molecule has 13 heavy (non-hydrogen) atoms. The summed E-state index contributed by atoms with van der Waals surface area (Å²) in [5, 5.41) is 9.56. The van der Waals surface area contributed by atoms with Crippen molar-refractivity contribution in [2.24, 2.45) is 0 Å². The van der Waals surface area contributed by atoms with Gasteiger partial charge in [0.05, 0.1) is 0 Å². The largest absolute Gasteiger partial charge is 0.508 e. The van der Waals surface area contributed by atoms with Gasteiger partial charge in [-0.3, -0.25) is 0 Å². The number of hydrogen-bond donors (Lipinski definition) is 1. The van der Waals surface area contributed by atoms with Gasteiger partial charge in [0.25, 0.3) is 0 Å². The minimum atomic E-state index is 0.410. The van der Waals surface area contributed by atoms with Gasteiger partial charge in [-0.2, -0.15) is 0 Å². The maximum atomic E-state index is 9.56. The van der Waals surface area contributed by atoms with Crippen molar-refractivity contribution < 1.29 is 5.11 Å². The Morgan fingerprint density at radius 2 is 2.31 bits per heavy atom. The third kappa shape index (κ3) is 1.26. The number of phenols is 1. The fourth-order valence-electron chi connectivity index (χ4n) is 1.77. The molecule has 1 aromatic rings. The van der Waals surface area contributed by atoms with E-state index in [-0.39, 0.29) is 0 Å². The summed E-state index contributed by atoms with van der Waals surface area (Å²) in [6.45, 7) is 3.72. The minimum absolute atomic E-state index is 0.410. The van der Waals surface area contributed by atoms with Gasteiger partial charge in [0, 0.05) is 5.56 Å². The van der Waals surface area contributed by atoms with Gasteiger partial charge in [-0.25, -0.2) is 0 Å². The number of fused-ring (bicyclic) bond motifs is 1. The molecule has 0 atom stereocenters. The van der Waals surface area contributed by atoms with Crippen molar-refractivity contribution in [1.29, 1.82) is 0 Å². The fourth-order valence-corrected chi connectivity index (χ4v) is 1.77. The van der Waals surface area contributed by atoms with Gasteiger partial charge in [-0.05, 0) is 30.0 Å². The third-order valence-electron chi connectivity index (χ3n) is 2.41. The van der Waals surface area contributed by atoms with E-state index in [9.17, 15) is 5.11 Å². The monoisotopic (exact) mass is 172 g/mol. The Kier molecular flexibility index (Phi) is 1.93. The highest BCUT2D eigenvalue weighted by Gasteiger charge is 2.15. The fraction of sp³-hybridized carbons (Fsp3) is 0.167. The molecular weight excluding hydrogens is 160 g/mol. The Morgan fingerprint density at radius 1 is 1.46 bits per heavy atom. The van der Waals surface area contributed by atoms with E-state index in [1.54, 1.807) is 6.07 Å². The van der Waals surface area contributed by atoms with Crippen LogP contribution in [0.25, 0.3) is 5.57 Å². The molecule has 0 radical (unpaired) electrons. The highest BCUT2D eigenvalue weighted by atomic mass is 16.3. The number of phenolic OH excluding ortho intramolecular Hbond substituents is 1. The number of allylic oxidation sites excluding steroid dienone is 3. The quantitative estimate of drug-likeness (QED) is 0.680. The zero-order valence-electron chi connectivity index (χ0n) is 7.46. The number of aromatic hydroxyl groups is 1. The SMILES string of the molecule is C=CCC1=CCc2c(O)cccc21. The van der Waals surface area contributed by atoms with Crippen LogP contribution >= 0.6 is 0 Å². The second kappa shape index (κ2) is 3.09. The van der Waals surface area contributed by atoms with Gasteiger partial charge in [-0.1, -0.05) is 24.3 Å². The first-order valence-electron chi connectivity index (χ1n) is 4.44. The molecule has 0 unspecified atom stereocenters. The summed E-state index contributed by atoms with van der Waals surface area (Å²) in [7, 11) is 0. The molecule has 1 heteroatoms. The highest BCUT2D eigenvalue weighted by Crippen LogP contribution is 2.34. The Labute approximate surface area is 78.0 Å². The van der Waals surface area contributed by atoms with Gasteiger partial charge in [0.15, 0.2) is 0 Å². The molecule has 66 valence electrons. The number of hydrogen-bond acceptors (Lipinski definition) is 1. The van der Waals surface area contributed by atoms with Crippen molar-refractivity contribution in [2.45, 2.75) is 12.8 Å². The molecule has 0 saturated heterocycles. The van der Waals surface area contributed by atoms with Gasteiger partial charge in [0.2, 0.25) is 0 Å². The standard InChI is InChI=1S/C12H12O/c1-2-4-9-7-8-11-10(9)5-3-6-12(11)13/h2-3,5-7,13H,1,4,8H2. The smallest absolute Gasteiger partial charge is 0.119 e. The first kappa shape index (κ1) is 8.11. The summed E-state index contributed by atoms with van der Waals surface area (Å²) in [6, 6.07) is 5.68. The Morgan fingerprint density at radius 3 is 3.08 bits per heavy atom. The Balaban J connectivity index is 2.44. The summed E-state index contributed by atoms with van der Waals surface area (Å²) < 4.78 is 0. The molecule has 0 fully saturated rings. The molecule has 1 aliphatic carbocycles. The van der Waals surface area contributed by atoms with Crippen molar-refractivity contribution in [1.82, 2.24) is 0 Å². The van der Waals surface area contributed by atoms with Crippen molar-refractivity contribution in [3.63, 3.8) is 0 Å². The number of benzene rings is 1. The maximum Gasteiger partial charge on any atom is 0.119 e. The summed E-state index contributed by atoms with van der Waals surface area (Å²) in [6.07, 6.45) is 5.79. The van der Waals surface area contributed by atoms with E-state index in [1.165, 1.54) is 11.1 Å². The van der Waals surface area contributed by atoms with Crippen LogP contribution in [-0.4, -0.2) is 5.11 Å². The summed E-state index contributed by atoms with van der Waals surface area (Å²) in [5.74, 6) is 0.410. The summed E-state index contributed by atoms with van der Waals surface area (Å²) in [4.78, 5) is 0. The van der Waals surface area contributed by atoms with Crippen molar-refractivity contribution in [2.75, 3.05) is 0 Å². The van der Waals surface area contributed by atoms with E-state index in [0.29, 0.717) is 5.75 Å². The predicted molar refractivity (Wildman–Crippen MR) is 54.6 cm³/mol. The molecule has 1 aliphatic rings. The molecule has 0 amide bonds. The van der Waals surface area contributed by atoms with Crippen LogP contribution in [0.4, 0.5) is 0 Å². The third-order valence-corrected chi connectivity index (χ3v) is 2.41. The van der Waals surface area contributed by atoms with E-state index in [4.69, 9.17) is 0 Å². The molecule has 0 heterocycles. The van der Waals surface area contributed by atoms with Crippen molar-refractivity contribution in [3.05, 3.63) is 48.1 Å². The molecule has 1 aromatic carbocycles. The van der Waals surface area contributed by atoms with Crippen LogP contribution in [0.15, 0.2) is 36.9 Å². The van der Waals surface area contributed by atoms with Gasteiger partial charge in [0.1, 0.15) is 5.75 Å². The Hall–Kier alpha value is -1.50. The van der Waals surface area contributed by atoms with E-state index >= 15 is 0 Å². The summed E-state index contributed by atoms with van der Waals surface area (Å²) >= 11 is 0. The average Bonchev–Trinajstić information content (AvgIpc) is 2.51. The first-order valence-corrected chi connectivity index (χ1v) is 4.44. The van der Waals surface area contributed by atoms with Crippen molar-refractivity contribution >= 4 is 5.57 Å². The van der Waals surface area contributed by atoms with Crippen LogP contribution in [0.5, 0.6) is 5.75 Å². The van der Waals surface area contributed by atoms with E-state index in [1.807, 2.05) is 12.1 Å². The minimum Gasteiger partial charge on any atom is -0.508 e. The predicted octanol–water partition coefficient (Wildman–Crippen LogP) is 2.91. The van der Waals surface area contributed by atoms with E-state index in [2.05, 4.69) is 18.7 Å².